The number of hydrogen-bond acceptors (Lipinski definition) is 5. The first kappa shape index (κ1) is 15.6. The first-order valence-electron chi connectivity index (χ1n) is 6.66. The molecule has 0 fully saturated rings. The maximum absolute atomic E-state index is 12.1. The van der Waals surface area contributed by atoms with Gasteiger partial charge < -0.3 is 9.47 Å². The van der Waals surface area contributed by atoms with Gasteiger partial charge in [-0.05, 0) is 25.1 Å². The summed E-state index contributed by atoms with van der Waals surface area (Å²) in [5, 5.41) is 4.14. The minimum atomic E-state index is -3.72. The van der Waals surface area contributed by atoms with Gasteiger partial charge in [-0.25, -0.2) is 4.83 Å². The van der Waals surface area contributed by atoms with Crippen LogP contribution in [0, 0.1) is 6.92 Å². The molecule has 3 rings (SSSR count). The Morgan fingerprint density at radius 3 is 2.52 bits per heavy atom. The van der Waals surface area contributed by atoms with Gasteiger partial charge in [0.05, 0.1) is 16.1 Å². The summed E-state index contributed by atoms with van der Waals surface area (Å²) in [6.07, 6.45) is 1.32. The van der Waals surface area contributed by atoms with Gasteiger partial charge in [-0.15, -0.1) is 0 Å². The van der Waals surface area contributed by atoms with Crippen molar-refractivity contribution in [3.63, 3.8) is 0 Å². The molecule has 1 aliphatic heterocycles. The van der Waals surface area contributed by atoms with Crippen LogP contribution >= 0.6 is 11.6 Å². The lowest BCUT2D eigenvalue weighted by atomic mass is 10.2. The van der Waals surface area contributed by atoms with Gasteiger partial charge in [0, 0.05) is 11.6 Å². The highest BCUT2D eigenvalue weighted by Gasteiger charge is 2.16. The zero-order valence-electron chi connectivity index (χ0n) is 12.1. The summed E-state index contributed by atoms with van der Waals surface area (Å²) >= 11 is 6.09. The molecule has 0 aliphatic carbocycles. The third-order valence-corrected chi connectivity index (χ3v) is 4.77. The van der Waals surface area contributed by atoms with Crippen molar-refractivity contribution in [1.82, 2.24) is 4.83 Å². The zero-order chi connectivity index (χ0) is 16.4. The van der Waals surface area contributed by atoms with Gasteiger partial charge in [0.15, 0.2) is 11.5 Å². The fraction of sp³-hybridized carbons (Fsp3) is 0.133. The number of hydrogen-bond donors (Lipinski definition) is 1. The smallest absolute Gasteiger partial charge is 0.276 e. The average molecular weight is 353 g/mol. The molecule has 0 saturated carbocycles. The SMILES string of the molecule is Cc1ccc(S(=O)(=O)N/N=C/c2cc3c(cc2Cl)OCO3)cc1. The van der Waals surface area contributed by atoms with Crippen molar-refractivity contribution >= 4 is 27.8 Å². The largest absolute Gasteiger partial charge is 0.454 e. The zero-order valence-corrected chi connectivity index (χ0v) is 13.7. The van der Waals surface area contributed by atoms with Crippen molar-refractivity contribution in [2.24, 2.45) is 5.10 Å². The topological polar surface area (TPSA) is 77.0 Å². The van der Waals surface area contributed by atoms with Gasteiger partial charge in [-0.2, -0.15) is 13.5 Å². The van der Waals surface area contributed by atoms with Crippen molar-refractivity contribution in [2.45, 2.75) is 11.8 Å². The molecule has 0 spiro atoms. The Hall–Kier alpha value is -2.25. The number of nitrogens with one attached hydrogen (secondary N) is 1. The van der Waals surface area contributed by atoms with Crippen LogP contribution in [-0.2, 0) is 10.0 Å². The molecule has 0 radical (unpaired) electrons. The molecule has 6 nitrogen and oxygen atoms in total. The molecule has 120 valence electrons. The van der Waals surface area contributed by atoms with Crippen molar-refractivity contribution in [2.75, 3.05) is 6.79 Å². The van der Waals surface area contributed by atoms with E-state index in [1.807, 2.05) is 6.92 Å². The molecule has 2 aromatic rings. The second-order valence-corrected chi connectivity index (χ2v) is 6.96. The van der Waals surface area contributed by atoms with Crippen LogP contribution in [0.4, 0.5) is 0 Å². The number of sulfonamides is 1. The van der Waals surface area contributed by atoms with Crippen LogP contribution in [0.3, 0.4) is 0 Å². The Bertz CT molecular complexity index is 864. The number of rotatable bonds is 4. The van der Waals surface area contributed by atoms with E-state index in [0.29, 0.717) is 22.1 Å². The van der Waals surface area contributed by atoms with Gasteiger partial charge >= 0.3 is 0 Å². The number of hydrazone groups is 1. The maximum Gasteiger partial charge on any atom is 0.276 e. The molecular formula is C15H13ClN2O4S. The molecule has 0 aromatic heterocycles. The fourth-order valence-corrected chi connectivity index (χ4v) is 2.96. The minimum Gasteiger partial charge on any atom is -0.454 e. The van der Waals surface area contributed by atoms with Crippen LogP contribution in [0.15, 0.2) is 46.4 Å². The number of fused-ring (bicyclic) bond motifs is 1. The quantitative estimate of drug-likeness (QED) is 0.678. The molecule has 1 N–H and O–H groups in total. The average Bonchev–Trinajstić information content (AvgIpc) is 2.95. The Balaban J connectivity index is 1.77. The molecule has 0 saturated heterocycles. The van der Waals surface area contributed by atoms with E-state index in [2.05, 4.69) is 9.93 Å². The molecule has 2 aromatic carbocycles. The second kappa shape index (κ2) is 6.10. The molecule has 1 aliphatic rings. The number of nitrogens with zero attached hydrogens (tertiary/aromatic N) is 1. The van der Waals surface area contributed by atoms with Crippen LogP contribution < -0.4 is 14.3 Å². The number of aryl methyl sites for hydroxylation is 1. The molecule has 23 heavy (non-hydrogen) atoms. The Morgan fingerprint density at radius 2 is 1.83 bits per heavy atom. The second-order valence-electron chi connectivity index (χ2n) is 4.89. The molecular weight excluding hydrogens is 340 g/mol. The summed E-state index contributed by atoms with van der Waals surface area (Å²) in [4.78, 5) is 2.29. The molecule has 0 atom stereocenters. The Kier molecular flexibility index (Phi) is 4.14. The lowest BCUT2D eigenvalue weighted by Crippen LogP contribution is -2.18. The number of ether oxygens (including phenoxy) is 2. The van der Waals surface area contributed by atoms with Gasteiger partial charge in [0.25, 0.3) is 10.0 Å². The summed E-state index contributed by atoms with van der Waals surface area (Å²) < 4.78 is 34.6. The van der Waals surface area contributed by atoms with Crippen molar-refractivity contribution < 1.29 is 17.9 Å². The molecule has 8 heteroatoms. The van der Waals surface area contributed by atoms with E-state index in [1.54, 1.807) is 24.3 Å². The third kappa shape index (κ3) is 3.40. The highest BCUT2D eigenvalue weighted by atomic mass is 35.5. The van der Waals surface area contributed by atoms with E-state index in [1.165, 1.54) is 18.3 Å². The van der Waals surface area contributed by atoms with E-state index in [9.17, 15) is 8.42 Å². The molecule has 0 bridgehead atoms. The van der Waals surface area contributed by atoms with Crippen molar-refractivity contribution in [3.8, 4) is 11.5 Å². The maximum atomic E-state index is 12.1. The Morgan fingerprint density at radius 1 is 1.17 bits per heavy atom. The van der Waals surface area contributed by atoms with Crippen LogP contribution in [0.2, 0.25) is 5.02 Å². The lowest BCUT2D eigenvalue weighted by Gasteiger charge is -2.04. The standard InChI is InChI=1S/C15H13ClN2O4S/c1-10-2-4-12(5-3-10)23(19,20)18-17-8-11-6-14-15(7-13(11)16)22-9-21-14/h2-8,18H,9H2,1H3/b17-8+. The van der Waals surface area contributed by atoms with E-state index in [-0.39, 0.29) is 11.7 Å². The molecule has 1 heterocycles. The highest BCUT2D eigenvalue weighted by molar-refractivity contribution is 7.89. The first-order chi connectivity index (χ1) is 11.0. The summed E-state index contributed by atoms with van der Waals surface area (Å²) in [5.74, 6) is 1.09. The highest BCUT2D eigenvalue weighted by Crippen LogP contribution is 2.36. The predicted octanol–water partition coefficient (Wildman–Crippen LogP) is 2.69. The summed E-state index contributed by atoms with van der Waals surface area (Å²) in [6, 6.07) is 9.69. The van der Waals surface area contributed by atoms with E-state index >= 15 is 0 Å². The van der Waals surface area contributed by atoms with Crippen LogP contribution in [0.1, 0.15) is 11.1 Å². The van der Waals surface area contributed by atoms with E-state index in [0.717, 1.165) is 5.56 Å². The van der Waals surface area contributed by atoms with Crippen molar-refractivity contribution in [3.05, 3.63) is 52.5 Å². The number of benzene rings is 2. The normalized spacial score (nSPS) is 13.5. The van der Waals surface area contributed by atoms with Gasteiger partial charge in [0.2, 0.25) is 6.79 Å². The van der Waals surface area contributed by atoms with Crippen LogP contribution in [-0.4, -0.2) is 21.4 Å². The third-order valence-electron chi connectivity index (χ3n) is 3.20. The predicted molar refractivity (Wildman–Crippen MR) is 86.7 cm³/mol. The monoisotopic (exact) mass is 352 g/mol. The van der Waals surface area contributed by atoms with Gasteiger partial charge in [-0.1, -0.05) is 29.3 Å². The molecule has 0 unspecified atom stereocenters. The van der Waals surface area contributed by atoms with Gasteiger partial charge in [-0.3, -0.25) is 0 Å². The lowest BCUT2D eigenvalue weighted by molar-refractivity contribution is 0.174. The van der Waals surface area contributed by atoms with E-state index < -0.39 is 10.0 Å². The van der Waals surface area contributed by atoms with E-state index in [4.69, 9.17) is 21.1 Å². The number of halogens is 1. The Labute approximate surface area is 138 Å². The van der Waals surface area contributed by atoms with Crippen LogP contribution in [0.25, 0.3) is 0 Å². The summed E-state index contributed by atoms with van der Waals surface area (Å²) in [7, 11) is -3.72. The summed E-state index contributed by atoms with van der Waals surface area (Å²) in [6.45, 7) is 2.01. The summed E-state index contributed by atoms with van der Waals surface area (Å²) in [5.41, 5.74) is 1.49. The molecule has 0 amide bonds. The van der Waals surface area contributed by atoms with Crippen LogP contribution in [0.5, 0.6) is 11.5 Å². The first-order valence-corrected chi connectivity index (χ1v) is 8.52. The minimum absolute atomic E-state index is 0.131. The van der Waals surface area contributed by atoms with Gasteiger partial charge in [0.1, 0.15) is 0 Å². The van der Waals surface area contributed by atoms with Crippen molar-refractivity contribution in [1.29, 1.82) is 0 Å². The fourth-order valence-electron chi connectivity index (χ4n) is 1.97.